The molecule has 0 nitrogen and oxygen atoms in total. The van der Waals surface area contributed by atoms with Crippen molar-refractivity contribution in [1.82, 2.24) is 0 Å². The lowest BCUT2D eigenvalue weighted by Gasteiger charge is -2.26. The first kappa shape index (κ1) is 9.74. The molecule has 4 heteroatoms. The van der Waals surface area contributed by atoms with E-state index in [0.717, 1.165) is 5.54 Å². The minimum absolute atomic E-state index is 0.890. The van der Waals surface area contributed by atoms with Crippen molar-refractivity contribution in [3.8, 4) is 0 Å². The van der Waals surface area contributed by atoms with Crippen LogP contribution in [0, 0.1) is 0 Å². The molecule has 1 aliphatic rings. The predicted molar refractivity (Wildman–Crippen MR) is 59.4 cm³/mol. The van der Waals surface area contributed by atoms with Crippen LogP contribution in [0.15, 0.2) is 0 Å². The molecule has 0 aromatic carbocycles. The molecule has 0 N–H and O–H groups in total. The van der Waals surface area contributed by atoms with Crippen molar-refractivity contribution in [2.45, 2.75) is 37.6 Å². The summed E-state index contributed by atoms with van der Waals surface area (Å²) in [4.78, 5) is 0. The summed E-state index contributed by atoms with van der Waals surface area (Å²) in [6, 6.07) is 0. The molecule has 0 aromatic rings. The Labute approximate surface area is 86.9 Å². The third-order valence-electron chi connectivity index (χ3n) is 2.07. The van der Waals surface area contributed by atoms with Gasteiger partial charge in [0.2, 0.25) is 0 Å². The molecule has 0 unspecified atom stereocenters. The summed E-state index contributed by atoms with van der Waals surface area (Å²) < 4.78 is -1.32. The van der Waals surface area contributed by atoms with E-state index in [2.05, 4.69) is 45.9 Å². The molecule has 0 aromatic heterocycles. The van der Waals surface area contributed by atoms with Crippen molar-refractivity contribution >= 4 is 49.8 Å². The molecule has 0 aliphatic heterocycles. The number of halogens is 3. The highest BCUT2D eigenvalue weighted by molar-refractivity contribution is 9.72. The van der Waals surface area contributed by atoms with Gasteiger partial charge in [-0.15, -0.1) is 0 Å². The maximum atomic E-state index is 3.71. The minimum atomic E-state index is -1.32. The smallest absolute Gasteiger partial charge is 0.0961 e. The molecule has 0 amide bonds. The summed E-state index contributed by atoms with van der Waals surface area (Å²) in [5, 5.41) is 0. The average molecular weight is 351 g/mol. The third kappa shape index (κ3) is 2.95. The van der Waals surface area contributed by atoms with Gasteiger partial charge >= 0.3 is 0 Å². The van der Waals surface area contributed by atoms with E-state index in [0.29, 0.717) is 0 Å². The molecule has 0 saturated heterocycles. The lowest BCUT2D eigenvalue weighted by atomic mass is 10.0. The van der Waals surface area contributed by atoms with Gasteiger partial charge in [-0.3, -0.25) is 0 Å². The van der Waals surface area contributed by atoms with E-state index in [1.165, 1.54) is 32.1 Å². The monoisotopic (exact) mass is 348 g/mol. The van der Waals surface area contributed by atoms with Crippen LogP contribution >= 0.6 is 45.9 Å². The van der Waals surface area contributed by atoms with Gasteiger partial charge in [-0.2, -0.15) is 0 Å². The fourth-order valence-electron chi connectivity index (χ4n) is 1.43. The highest BCUT2D eigenvalue weighted by Crippen LogP contribution is 2.47. The van der Waals surface area contributed by atoms with Gasteiger partial charge in [0.05, 0.1) is 0 Å². The quantitative estimate of drug-likeness (QED) is 0.484. The molecular formula is C6H11Br3Si. The molecule has 0 radical (unpaired) electrons. The highest BCUT2D eigenvalue weighted by Gasteiger charge is 2.34. The van der Waals surface area contributed by atoms with E-state index in [1.807, 2.05) is 0 Å². The van der Waals surface area contributed by atoms with Crippen molar-refractivity contribution in [2.24, 2.45) is 0 Å². The van der Waals surface area contributed by atoms with Crippen LogP contribution in [-0.4, -0.2) is 3.93 Å². The van der Waals surface area contributed by atoms with Crippen LogP contribution in [0.1, 0.15) is 32.1 Å². The standard InChI is InChI=1S/C6H11Br3Si/c7-10(8,9)6-4-2-1-3-5-6/h6H,1-5H2. The Morgan fingerprint density at radius 3 is 1.70 bits per heavy atom. The Morgan fingerprint density at radius 2 is 1.40 bits per heavy atom. The maximum absolute atomic E-state index is 3.71. The van der Waals surface area contributed by atoms with Crippen LogP contribution in [0.3, 0.4) is 0 Å². The zero-order valence-corrected chi connectivity index (χ0v) is 11.5. The highest BCUT2D eigenvalue weighted by atomic mass is 80.0. The van der Waals surface area contributed by atoms with Crippen LogP contribution in [0.4, 0.5) is 0 Å². The Morgan fingerprint density at radius 1 is 0.900 bits per heavy atom. The first-order chi connectivity index (χ1) is 4.61. The summed E-state index contributed by atoms with van der Waals surface area (Å²) in [6.07, 6.45) is 7.07. The van der Waals surface area contributed by atoms with Gasteiger partial charge < -0.3 is 0 Å². The maximum Gasteiger partial charge on any atom is 0.270 e. The fraction of sp³-hybridized carbons (Fsp3) is 1.00. The fourth-order valence-corrected chi connectivity index (χ4v) is 6.61. The molecule has 0 atom stereocenters. The molecule has 0 bridgehead atoms. The second-order valence-electron chi connectivity index (χ2n) is 2.88. The molecule has 0 spiro atoms. The molecule has 1 rings (SSSR count). The van der Waals surface area contributed by atoms with Crippen LogP contribution in [0.2, 0.25) is 5.54 Å². The van der Waals surface area contributed by atoms with Crippen LogP contribution in [-0.2, 0) is 0 Å². The van der Waals surface area contributed by atoms with Crippen molar-refractivity contribution in [1.29, 1.82) is 0 Å². The number of rotatable bonds is 1. The normalized spacial score (nSPS) is 23.1. The van der Waals surface area contributed by atoms with Gasteiger partial charge in [0.1, 0.15) is 0 Å². The van der Waals surface area contributed by atoms with Gasteiger partial charge in [-0.05, 0) is 5.54 Å². The van der Waals surface area contributed by atoms with Crippen molar-refractivity contribution in [2.75, 3.05) is 0 Å². The topological polar surface area (TPSA) is 0 Å². The third-order valence-corrected chi connectivity index (χ3v) is 9.40. The predicted octanol–water partition coefficient (Wildman–Crippen LogP) is 4.44. The van der Waals surface area contributed by atoms with E-state index >= 15 is 0 Å². The van der Waals surface area contributed by atoms with Crippen molar-refractivity contribution in [3.63, 3.8) is 0 Å². The molecular weight excluding hydrogens is 340 g/mol. The van der Waals surface area contributed by atoms with E-state index in [1.54, 1.807) is 0 Å². The average Bonchev–Trinajstić information content (AvgIpc) is 1.88. The van der Waals surface area contributed by atoms with Gasteiger partial charge in [-0.25, -0.2) is 0 Å². The summed E-state index contributed by atoms with van der Waals surface area (Å²) >= 11 is 11.1. The SMILES string of the molecule is Br[Si](Br)(Br)C1CCCCC1. The molecule has 1 saturated carbocycles. The van der Waals surface area contributed by atoms with Crippen molar-refractivity contribution < 1.29 is 0 Å². The molecule has 10 heavy (non-hydrogen) atoms. The van der Waals surface area contributed by atoms with Crippen LogP contribution < -0.4 is 0 Å². The van der Waals surface area contributed by atoms with Gasteiger partial charge in [0.15, 0.2) is 0 Å². The summed E-state index contributed by atoms with van der Waals surface area (Å²) in [5.41, 5.74) is 0.890. The second-order valence-corrected chi connectivity index (χ2v) is 25.6. The Hall–Kier alpha value is 1.66. The lowest BCUT2D eigenvalue weighted by molar-refractivity contribution is 0.502. The van der Waals surface area contributed by atoms with Crippen molar-refractivity contribution in [3.05, 3.63) is 0 Å². The summed E-state index contributed by atoms with van der Waals surface area (Å²) in [7, 11) is 0. The first-order valence-electron chi connectivity index (χ1n) is 3.67. The van der Waals surface area contributed by atoms with Crippen LogP contribution in [0.5, 0.6) is 0 Å². The van der Waals surface area contributed by atoms with Crippen LogP contribution in [0.25, 0.3) is 0 Å². The largest absolute Gasteiger partial charge is 0.270 e. The van der Waals surface area contributed by atoms with E-state index in [4.69, 9.17) is 0 Å². The summed E-state index contributed by atoms with van der Waals surface area (Å²) in [5.74, 6) is 0. The summed E-state index contributed by atoms with van der Waals surface area (Å²) in [6.45, 7) is 0. The molecule has 60 valence electrons. The lowest BCUT2D eigenvalue weighted by Crippen LogP contribution is -2.19. The van der Waals surface area contributed by atoms with Gasteiger partial charge in [-0.1, -0.05) is 78.0 Å². The number of hydrogen-bond acceptors (Lipinski definition) is 0. The molecule has 1 aliphatic carbocycles. The zero-order valence-electron chi connectivity index (χ0n) is 5.75. The molecule has 0 heterocycles. The Kier molecular flexibility index (Phi) is 3.95. The van der Waals surface area contributed by atoms with E-state index in [9.17, 15) is 0 Å². The first-order valence-corrected chi connectivity index (χ1v) is 12.5. The molecule has 1 fully saturated rings. The Balaban J connectivity index is 2.39. The van der Waals surface area contributed by atoms with E-state index < -0.39 is 3.93 Å². The van der Waals surface area contributed by atoms with E-state index in [-0.39, 0.29) is 0 Å². The number of hydrogen-bond donors (Lipinski definition) is 0. The minimum Gasteiger partial charge on any atom is -0.0961 e. The van der Waals surface area contributed by atoms with Gasteiger partial charge in [0, 0.05) is 0 Å². The Bertz CT molecular complexity index is 104. The van der Waals surface area contributed by atoms with Gasteiger partial charge in [0.25, 0.3) is 3.93 Å². The second kappa shape index (κ2) is 4.05. The zero-order chi connectivity index (χ0) is 7.61.